The van der Waals surface area contributed by atoms with E-state index in [-0.39, 0.29) is 0 Å². The largest absolute Gasteiger partial charge is 0.373 e. The molecule has 0 aliphatic carbocycles. The molecule has 0 heterocycles. The Kier molecular flexibility index (Phi) is 6.63. The van der Waals surface area contributed by atoms with Gasteiger partial charge in [-0.3, -0.25) is 0 Å². The molecule has 0 unspecified atom stereocenters. The number of nitrogens with one attached hydrogen (secondary N) is 1. The topological polar surface area (TPSA) is 18.5 Å². The number of anilines is 1. The Balaban J connectivity index is 2.65. The van der Waals surface area contributed by atoms with E-state index in [1.807, 2.05) is 0 Å². The third kappa shape index (κ3) is 5.81. The van der Waals surface area contributed by atoms with Gasteiger partial charge in [0.05, 0.1) is 0 Å². The van der Waals surface area contributed by atoms with E-state index in [0.717, 1.165) is 30.2 Å². The van der Waals surface area contributed by atoms with Crippen molar-refractivity contribution in [2.45, 2.75) is 26.4 Å². The smallest absolute Gasteiger partial charge is 0.0471 e. The molecule has 0 aromatic heterocycles. The SMILES string of the molecule is CC(C)NCc1ccc(N(C)CCN(C)C)cc1Cl. The minimum atomic E-state index is 0.471. The van der Waals surface area contributed by atoms with Crippen LogP contribution in [0.2, 0.25) is 5.02 Å². The summed E-state index contributed by atoms with van der Waals surface area (Å²) in [7, 11) is 6.27. The minimum Gasteiger partial charge on any atom is -0.373 e. The predicted molar refractivity (Wildman–Crippen MR) is 85.3 cm³/mol. The van der Waals surface area contributed by atoms with Gasteiger partial charge in [-0.05, 0) is 31.8 Å². The third-order valence-electron chi connectivity index (χ3n) is 3.06. The number of halogens is 1. The number of hydrogen-bond acceptors (Lipinski definition) is 3. The molecule has 19 heavy (non-hydrogen) atoms. The zero-order valence-corrected chi connectivity index (χ0v) is 13.5. The first-order valence-corrected chi connectivity index (χ1v) is 7.15. The monoisotopic (exact) mass is 283 g/mol. The number of nitrogens with zero attached hydrogens (tertiary/aromatic N) is 2. The standard InChI is InChI=1S/C15H26ClN3/c1-12(2)17-11-13-6-7-14(10-15(13)16)19(5)9-8-18(3)4/h6-7,10,12,17H,8-9,11H2,1-5H3. The summed E-state index contributed by atoms with van der Waals surface area (Å²) in [5.41, 5.74) is 2.32. The molecule has 0 saturated heterocycles. The fourth-order valence-corrected chi connectivity index (χ4v) is 1.95. The molecule has 0 bridgehead atoms. The van der Waals surface area contributed by atoms with Crippen molar-refractivity contribution in [2.75, 3.05) is 39.1 Å². The molecule has 0 fully saturated rings. The van der Waals surface area contributed by atoms with E-state index in [0.29, 0.717) is 6.04 Å². The summed E-state index contributed by atoms with van der Waals surface area (Å²) in [5.74, 6) is 0. The second-order valence-corrected chi connectivity index (χ2v) is 5.94. The molecule has 0 spiro atoms. The molecule has 4 heteroatoms. The Hall–Kier alpha value is -0.770. The summed E-state index contributed by atoms with van der Waals surface area (Å²) in [6.45, 7) is 7.12. The van der Waals surface area contributed by atoms with Crippen LogP contribution < -0.4 is 10.2 Å². The highest BCUT2D eigenvalue weighted by Gasteiger charge is 2.06. The van der Waals surface area contributed by atoms with Gasteiger partial charge in [-0.1, -0.05) is 31.5 Å². The van der Waals surface area contributed by atoms with E-state index in [9.17, 15) is 0 Å². The van der Waals surface area contributed by atoms with Crippen molar-refractivity contribution in [1.82, 2.24) is 10.2 Å². The van der Waals surface area contributed by atoms with E-state index in [2.05, 4.69) is 68.3 Å². The van der Waals surface area contributed by atoms with Crippen LogP contribution in [0.1, 0.15) is 19.4 Å². The van der Waals surface area contributed by atoms with Gasteiger partial charge in [0.15, 0.2) is 0 Å². The van der Waals surface area contributed by atoms with Crippen LogP contribution in [0.15, 0.2) is 18.2 Å². The lowest BCUT2D eigenvalue weighted by Gasteiger charge is -2.22. The highest BCUT2D eigenvalue weighted by Crippen LogP contribution is 2.23. The zero-order valence-electron chi connectivity index (χ0n) is 12.7. The molecule has 0 saturated carbocycles. The van der Waals surface area contributed by atoms with Crippen LogP contribution in [0.5, 0.6) is 0 Å². The Bertz CT molecular complexity index is 391. The van der Waals surface area contributed by atoms with Gasteiger partial charge in [0, 0.05) is 43.4 Å². The molecule has 0 atom stereocenters. The van der Waals surface area contributed by atoms with Crippen molar-refractivity contribution in [3.05, 3.63) is 28.8 Å². The number of benzene rings is 1. The maximum Gasteiger partial charge on any atom is 0.0471 e. The van der Waals surface area contributed by atoms with Crippen LogP contribution in [-0.4, -0.2) is 45.2 Å². The van der Waals surface area contributed by atoms with Crippen molar-refractivity contribution >= 4 is 17.3 Å². The average molecular weight is 284 g/mol. The van der Waals surface area contributed by atoms with Gasteiger partial charge in [-0.2, -0.15) is 0 Å². The van der Waals surface area contributed by atoms with Gasteiger partial charge in [0.1, 0.15) is 0 Å². The Morgan fingerprint density at radius 2 is 1.84 bits per heavy atom. The molecule has 0 aliphatic heterocycles. The molecule has 108 valence electrons. The van der Waals surface area contributed by atoms with Crippen molar-refractivity contribution < 1.29 is 0 Å². The first-order chi connectivity index (χ1) is 8.90. The molecule has 1 N–H and O–H groups in total. The van der Waals surface area contributed by atoms with Crippen LogP contribution in [0.25, 0.3) is 0 Å². The molecule has 0 radical (unpaired) electrons. The third-order valence-corrected chi connectivity index (χ3v) is 3.41. The number of likely N-dealkylation sites (N-methyl/N-ethyl adjacent to an activating group) is 2. The van der Waals surface area contributed by atoms with Gasteiger partial charge in [0.2, 0.25) is 0 Å². The summed E-state index contributed by atoms with van der Waals surface area (Å²) in [4.78, 5) is 4.41. The van der Waals surface area contributed by atoms with Gasteiger partial charge >= 0.3 is 0 Å². The molecule has 0 amide bonds. The predicted octanol–water partition coefficient (Wildman–Crippen LogP) is 2.84. The Labute approximate surface area is 122 Å². The molecule has 1 aromatic rings. The number of hydrogen-bond donors (Lipinski definition) is 1. The van der Waals surface area contributed by atoms with E-state index < -0.39 is 0 Å². The fourth-order valence-electron chi connectivity index (χ4n) is 1.71. The maximum absolute atomic E-state index is 6.34. The summed E-state index contributed by atoms with van der Waals surface area (Å²) in [5, 5.41) is 4.22. The van der Waals surface area contributed by atoms with E-state index in [4.69, 9.17) is 11.6 Å². The lowest BCUT2D eigenvalue weighted by molar-refractivity contribution is 0.416. The van der Waals surface area contributed by atoms with Crippen molar-refractivity contribution in [3.8, 4) is 0 Å². The second-order valence-electron chi connectivity index (χ2n) is 5.54. The molecule has 0 aliphatic rings. The first-order valence-electron chi connectivity index (χ1n) is 6.78. The van der Waals surface area contributed by atoms with Crippen LogP contribution in [0, 0.1) is 0 Å². The Morgan fingerprint density at radius 3 is 2.37 bits per heavy atom. The summed E-state index contributed by atoms with van der Waals surface area (Å²) in [6.07, 6.45) is 0. The molecular formula is C15H26ClN3. The highest BCUT2D eigenvalue weighted by molar-refractivity contribution is 6.31. The normalized spacial score (nSPS) is 11.4. The van der Waals surface area contributed by atoms with E-state index in [1.54, 1.807) is 0 Å². The van der Waals surface area contributed by atoms with Gasteiger partial charge in [0.25, 0.3) is 0 Å². The van der Waals surface area contributed by atoms with E-state index in [1.165, 1.54) is 5.69 Å². The molecule has 3 nitrogen and oxygen atoms in total. The maximum atomic E-state index is 6.34. The Morgan fingerprint density at radius 1 is 1.16 bits per heavy atom. The fraction of sp³-hybridized carbons (Fsp3) is 0.600. The molecule has 1 rings (SSSR count). The van der Waals surface area contributed by atoms with Crippen molar-refractivity contribution in [2.24, 2.45) is 0 Å². The van der Waals surface area contributed by atoms with Crippen LogP contribution in [-0.2, 0) is 6.54 Å². The van der Waals surface area contributed by atoms with Crippen molar-refractivity contribution in [1.29, 1.82) is 0 Å². The lowest BCUT2D eigenvalue weighted by Crippen LogP contribution is -2.28. The highest BCUT2D eigenvalue weighted by atomic mass is 35.5. The quantitative estimate of drug-likeness (QED) is 0.830. The summed E-state index contributed by atoms with van der Waals surface area (Å²) in [6, 6.07) is 6.77. The van der Waals surface area contributed by atoms with Crippen LogP contribution in [0.3, 0.4) is 0 Å². The van der Waals surface area contributed by atoms with Crippen LogP contribution >= 0.6 is 11.6 Å². The first kappa shape index (κ1) is 16.3. The van der Waals surface area contributed by atoms with E-state index >= 15 is 0 Å². The van der Waals surface area contributed by atoms with Gasteiger partial charge in [-0.15, -0.1) is 0 Å². The second kappa shape index (κ2) is 7.73. The number of rotatable bonds is 7. The summed E-state index contributed by atoms with van der Waals surface area (Å²) >= 11 is 6.34. The van der Waals surface area contributed by atoms with Crippen LogP contribution in [0.4, 0.5) is 5.69 Å². The lowest BCUT2D eigenvalue weighted by atomic mass is 10.2. The molecule has 1 aromatic carbocycles. The zero-order chi connectivity index (χ0) is 14.4. The minimum absolute atomic E-state index is 0.471. The average Bonchev–Trinajstić information content (AvgIpc) is 2.34. The van der Waals surface area contributed by atoms with Gasteiger partial charge < -0.3 is 15.1 Å². The summed E-state index contributed by atoms with van der Waals surface area (Å²) < 4.78 is 0. The molecular weight excluding hydrogens is 258 g/mol. The van der Waals surface area contributed by atoms with Gasteiger partial charge in [-0.25, -0.2) is 0 Å². The van der Waals surface area contributed by atoms with Crippen molar-refractivity contribution in [3.63, 3.8) is 0 Å².